The highest BCUT2D eigenvalue weighted by molar-refractivity contribution is 7.44. The van der Waals surface area contributed by atoms with Gasteiger partial charge in [0.2, 0.25) is 0 Å². The van der Waals surface area contributed by atoms with E-state index in [9.17, 15) is 0 Å². The first kappa shape index (κ1) is 42.3. The van der Waals surface area contributed by atoms with Crippen LogP contribution in [0.1, 0.15) is 227 Å². The summed E-state index contributed by atoms with van der Waals surface area (Å²) in [6.45, 7) is 9.41. The summed E-state index contributed by atoms with van der Waals surface area (Å²) in [5.41, 5.74) is 3.38. The van der Waals surface area contributed by atoms with Gasteiger partial charge in [0.1, 0.15) is 0 Å². The number of hydrogen-bond acceptors (Lipinski definition) is 4. The van der Waals surface area contributed by atoms with Crippen molar-refractivity contribution < 1.29 is 0 Å². The van der Waals surface area contributed by atoms with Crippen LogP contribution in [-0.4, -0.2) is 0 Å². The second-order valence-corrected chi connectivity index (χ2v) is 20.3. The Morgan fingerprint density at radius 2 is 0.480 bits per heavy atom. The third-order valence-corrected chi connectivity index (χ3v) is 16.9. The number of rotatable bonds is 32. The molecule has 0 saturated heterocycles. The predicted molar refractivity (Wildman–Crippen MR) is 237 cm³/mol. The average molecular weight is 757 g/mol. The van der Waals surface area contributed by atoms with Crippen molar-refractivity contribution in [2.45, 2.75) is 233 Å². The Kier molecular flexibility index (Phi) is 21.6. The molecule has 284 valence electrons. The van der Waals surface area contributed by atoms with Crippen molar-refractivity contribution in [3.8, 4) is 0 Å². The van der Waals surface area contributed by atoms with E-state index in [1.807, 2.05) is 0 Å². The van der Waals surface area contributed by atoms with Gasteiger partial charge in [-0.3, -0.25) is 0 Å². The molecule has 0 aliphatic rings. The normalized spacial score (nSPS) is 12.2. The molecule has 4 rings (SSSR count). The van der Waals surface area contributed by atoms with Crippen molar-refractivity contribution in [2.75, 3.05) is 0 Å². The van der Waals surface area contributed by atoms with E-state index in [-0.39, 0.29) is 0 Å². The van der Waals surface area contributed by atoms with Gasteiger partial charge in [-0.05, 0) is 50.7 Å². The molecule has 0 unspecified atom stereocenters. The lowest BCUT2D eigenvalue weighted by Crippen LogP contribution is -1.87. The highest BCUT2D eigenvalue weighted by atomic mass is 32.1. The van der Waals surface area contributed by atoms with Crippen LogP contribution in [0.4, 0.5) is 0 Å². The van der Waals surface area contributed by atoms with Crippen molar-refractivity contribution in [1.82, 2.24) is 0 Å². The van der Waals surface area contributed by atoms with Crippen LogP contribution in [0.25, 0.3) is 28.2 Å². The van der Waals surface area contributed by atoms with Gasteiger partial charge in [-0.2, -0.15) is 0 Å². The van der Waals surface area contributed by atoms with Crippen molar-refractivity contribution in [3.05, 3.63) is 20.9 Å². The summed E-state index contributed by atoms with van der Waals surface area (Å²) < 4.78 is 9.72. The Hall–Kier alpha value is -0.420. The van der Waals surface area contributed by atoms with E-state index in [1.54, 1.807) is 49.1 Å². The molecular weight excluding hydrogens is 681 g/mol. The lowest BCUT2D eigenvalue weighted by molar-refractivity contribution is 0.532. The molecule has 0 spiro atoms. The van der Waals surface area contributed by atoms with Crippen LogP contribution in [-0.2, 0) is 12.8 Å². The third-order valence-electron chi connectivity index (χ3n) is 11.4. The van der Waals surface area contributed by atoms with Gasteiger partial charge in [-0.25, -0.2) is 0 Å². The fourth-order valence-corrected chi connectivity index (χ4v) is 14.2. The average Bonchev–Trinajstić information content (AvgIpc) is 3.82. The minimum atomic E-state index is 1.29. The summed E-state index contributed by atoms with van der Waals surface area (Å²) >= 11 is 8.46. The first-order chi connectivity index (χ1) is 24.7. The fraction of sp³-hybridized carbons (Fsp3) is 0.783. The van der Waals surface area contributed by atoms with E-state index in [4.69, 9.17) is 0 Å². The number of fused-ring (bicyclic) bond motifs is 5. The molecular formula is C46H76S4. The van der Waals surface area contributed by atoms with Crippen LogP contribution in [0.15, 0.2) is 0 Å². The van der Waals surface area contributed by atoms with Gasteiger partial charge in [-0.15, -0.1) is 45.3 Å². The van der Waals surface area contributed by atoms with Gasteiger partial charge < -0.3 is 0 Å². The topological polar surface area (TPSA) is 0 Å². The van der Waals surface area contributed by atoms with Gasteiger partial charge in [0.25, 0.3) is 0 Å². The quantitative estimate of drug-likeness (QED) is 0.0435. The fourth-order valence-electron chi connectivity index (χ4n) is 8.15. The van der Waals surface area contributed by atoms with E-state index in [0.29, 0.717) is 0 Å². The Labute approximate surface area is 325 Å². The lowest BCUT2D eigenvalue weighted by Gasteiger charge is -2.04. The molecule has 0 nitrogen and oxygen atoms in total. The molecule has 0 atom stereocenters. The molecule has 4 heteroatoms. The SMILES string of the molecule is CCCCCCCCCCCCCCCCCc1c(C)sc2c1sc1c3sc(C)c(CCCCCCCCCCCCCCCCC)c3sc21. The molecule has 4 aromatic rings. The highest BCUT2D eigenvalue weighted by Crippen LogP contribution is 2.52. The van der Waals surface area contributed by atoms with E-state index in [0.717, 1.165) is 0 Å². The monoisotopic (exact) mass is 756 g/mol. The Morgan fingerprint density at radius 3 is 0.740 bits per heavy atom. The first-order valence-electron chi connectivity index (χ1n) is 22.0. The summed E-state index contributed by atoms with van der Waals surface area (Å²) in [5, 5.41) is 0. The summed E-state index contributed by atoms with van der Waals surface area (Å²) in [6, 6.07) is 0. The maximum Gasteiger partial charge on any atom is 0.0650 e. The summed E-state index contributed by atoms with van der Waals surface area (Å²) in [5.74, 6) is 0. The number of unbranched alkanes of at least 4 members (excludes halogenated alkanes) is 28. The molecule has 0 radical (unpaired) electrons. The van der Waals surface area contributed by atoms with Crippen LogP contribution in [0.2, 0.25) is 0 Å². The number of hydrogen-bond donors (Lipinski definition) is 0. The minimum absolute atomic E-state index is 1.29. The Bertz CT molecular complexity index is 1320. The van der Waals surface area contributed by atoms with Crippen LogP contribution in [0.3, 0.4) is 0 Å². The van der Waals surface area contributed by atoms with E-state index < -0.39 is 0 Å². The van der Waals surface area contributed by atoms with Crippen molar-refractivity contribution in [1.29, 1.82) is 0 Å². The molecule has 4 heterocycles. The molecule has 0 aliphatic carbocycles. The molecule has 0 saturated carbocycles. The van der Waals surface area contributed by atoms with Crippen LogP contribution in [0.5, 0.6) is 0 Å². The van der Waals surface area contributed by atoms with Gasteiger partial charge in [-0.1, -0.05) is 194 Å². The van der Waals surface area contributed by atoms with Crippen molar-refractivity contribution in [2.24, 2.45) is 0 Å². The minimum Gasteiger partial charge on any atom is -0.138 e. The maximum absolute atomic E-state index is 2.39. The summed E-state index contributed by atoms with van der Waals surface area (Å²) in [4.78, 5) is 3.17. The molecule has 0 amide bonds. The van der Waals surface area contributed by atoms with Gasteiger partial charge in [0, 0.05) is 9.75 Å². The van der Waals surface area contributed by atoms with Crippen LogP contribution in [0, 0.1) is 13.8 Å². The Balaban J connectivity index is 1.09. The second kappa shape index (κ2) is 25.6. The highest BCUT2D eigenvalue weighted by Gasteiger charge is 2.22. The predicted octanol–water partition coefficient (Wildman–Crippen LogP) is 18.8. The van der Waals surface area contributed by atoms with Crippen molar-refractivity contribution >= 4 is 73.5 Å². The molecule has 0 N–H and O–H groups in total. The number of thiophene rings is 4. The zero-order valence-corrected chi connectivity index (χ0v) is 36.5. The number of aryl methyl sites for hydroxylation is 4. The standard InChI is InChI=1S/C46H76S4/c1-5-7-9-11-13-15-17-19-21-23-25-27-29-31-33-35-39-37(3)47-43-41(39)49-46-44-42(50-45(43)46)40(38(4)48-44)36-34-32-30-28-26-24-22-20-18-16-14-12-10-8-6-2/h5-36H2,1-4H3. The van der Waals surface area contributed by atoms with Gasteiger partial charge in [0.15, 0.2) is 0 Å². The largest absolute Gasteiger partial charge is 0.138 e. The van der Waals surface area contributed by atoms with Crippen molar-refractivity contribution in [3.63, 3.8) is 0 Å². The molecule has 50 heavy (non-hydrogen) atoms. The zero-order valence-electron chi connectivity index (χ0n) is 33.3. The molecule has 0 aliphatic heterocycles. The van der Waals surface area contributed by atoms with Crippen LogP contribution < -0.4 is 0 Å². The van der Waals surface area contributed by atoms with Gasteiger partial charge >= 0.3 is 0 Å². The smallest absolute Gasteiger partial charge is 0.0650 e. The molecule has 0 fully saturated rings. The van der Waals surface area contributed by atoms with Crippen LogP contribution >= 0.6 is 45.3 Å². The summed E-state index contributed by atoms with van der Waals surface area (Å²) in [7, 11) is 0. The van der Waals surface area contributed by atoms with Gasteiger partial charge in [0.05, 0.1) is 28.2 Å². The van der Waals surface area contributed by atoms with E-state index >= 15 is 0 Å². The first-order valence-corrected chi connectivity index (χ1v) is 25.3. The third kappa shape index (κ3) is 14.1. The second-order valence-electron chi connectivity index (χ2n) is 15.9. The van der Waals surface area contributed by atoms with E-state index in [2.05, 4.69) is 73.0 Å². The zero-order chi connectivity index (χ0) is 35.2. The van der Waals surface area contributed by atoms with E-state index in [1.165, 1.54) is 205 Å². The molecule has 0 bridgehead atoms. The maximum atomic E-state index is 2.39. The molecule has 0 aromatic carbocycles. The lowest BCUT2D eigenvalue weighted by atomic mass is 10.0. The molecule has 4 aromatic heterocycles. The summed E-state index contributed by atoms with van der Waals surface area (Å²) in [6.07, 6.45) is 45.9. The Morgan fingerprint density at radius 1 is 0.260 bits per heavy atom.